The highest BCUT2D eigenvalue weighted by Crippen LogP contribution is 2.38. The van der Waals surface area contributed by atoms with E-state index in [2.05, 4.69) is 48.8 Å². The van der Waals surface area contributed by atoms with E-state index in [1.807, 2.05) is 13.8 Å². The van der Waals surface area contributed by atoms with Gasteiger partial charge in [0.1, 0.15) is 5.75 Å². The molecule has 0 N–H and O–H groups in total. The summed E-state index contributed by atoms with van der Waals surface area (Å²) in [6.45, 7) is 11.2. The van der Waals surface area contributed by atoms with E-state index in [0.29, 0.717) is 6.61 Å². The minimum absolute atomic E-state index is 0.138. The zero-order valence-corrected chi connectivity index (χ0v) is 13.3. The van der Waals surface area contributed by atoms with Crippen molar-refractivity contribution in [3.8, 4) is 5.75 Å². The first-order chi connectivity index (χ1) is 8.23. The van der Waals surface area contributed by atoms with E-state index in [0.717, 1.165) is 16.6 Å². The second-order valence-electron chi connectivity index (χ2n) is 6.30. The second-order valence-corrected chi connectivity index (χ2v) is 6.86. The molecule has 1 aromatic rings. The maximum absolute atomic E-state index is 5.96. The molecule has 3 heteroatoms. The number of alkyl halides is 1. The molecule has 0 amide bonds. The summed E-state index contributed by atoms with van der Waals surface area (Å²) in [5, 5.41) is 0.801. The fraction of sp³-hybridized carbons (Fsp3) is 0.600. The minimum Gasteiger partial charge on any atom is -0.462 e. The molecule has 100 valence electrons. The van der Waals surface area contributed by atoms with Crippen LogP contribution in [0.3, 0.4) is 0 Å². The van der Waals surface area contributed by atoms with Crippen molar-refractivity contribution in [2.75, 3.05) is 0 Å². The van der Waals surface area contributed by atoms with Crippen molar-refractivity contribution in [2.24, 2.45) is 0 Å². The molecule has 1 aliphatic rings. The SMILES string of the molecule is CC1(C)OCc2cc(C(C)(C)C)cc(CBr)c2O1. The number of hydrogen-bond acceptors (Lipinski definition) is 2. The van der Waals surface area contributed by atoms with Gasteiger partial charge in [-0.2, -0.15) is 0 Å². The van der Waals surface area contributed by atoms with Crippen molar-refractivity contribution in [3.05, 3.63) is 28.8 Å². The highest BCUT2D eigenvalue weighted by atomic mass is 79.9. The zero-order chi connectivity index (χ0) is 13.6. The molecule has 18 heavy (non-hydrogen) atoms. The Hall–Kier alpha value is -0.540. The molecule has 0 atom stereocenters. The largest absolute Gasteiger partial charge is 0.462 e. The van der Waals surface area contributed by atoms with Crippen molar-refractivity contribution in [1.29, 1.82) is 0 Å². The van der Waals surface area contributed by atoms with Crippen LogP contribution in [0, 0.1) is 0 Å². The normalized spacial score (nSPS) is 18.1. The van der Waals surface area contributed by atoms with Gasteiger partial charge in [-0.1, -0.05) is 42.8 Å². The van der Waals surface area contributed by atoms with Gasteiger partial charge in [-0.15, -0.1) is 0 Å². The number of benzene rings is 1. The molecule has 1 heterocycles. The molecule has 0 spiro atoms. The van der Waals surface area contributed by atoms with Gasteiger partial charge < -0.3 is 9.47 Å². The summed E-state index contributed by atoms with van der Waals surface area (Å²) in [5.74, 6) is 0.448. The van der Waals surface area contributed by atoms with Gasteiger partial charge in [-0.3, -0.25) is 0 Å². The van der Waals surface area contributed by atoms with E-state index in [1.165, 1.54) is 11.1 Å². The van der Waals surface area contributed by atoms with Crippen LogP contribution in [-0.2, 0) is 22.1 Å². The molecule has 0 aliphatic carbocycles. The summed E-state index contributed by atoms with van der Waals surface area (Å²) >= 11 is 3.55. The average Bonchev–Trinajstić information content (AvgIpc) is 2.25. The highest BCUT2D eigenvalue weighted by Gasteiger charge is 2.30. The lowest BCUT2D eigenvalue weighted by atomic mass is 9.85. The van der Waals surface area contributed by atoms with Crippen LogP contribution < -0.4 is 4.74 Å². The lowest BCUT2D eigenvalue weighted by Gasteiger charge is -2.35. The minimum atomic E-state index is -0.535. The molecule has 1 aliphatic heterocycles. The summed E-state index contributed by atoms with van der Waals surface area (Å²) in [6.07, 6.45) is 0. The van der Waals surface area contributed by atoms with Crippen LogP contribution in [-0.4, -0.2) is 5.79 Å². The van der Waals surface area contributed by atoms with Crippen LogP contribution >= 0.6 is 15.9 Å². The van der Waals surface area contributed by atoms with Gasteiger partial charge in [0.25, 0.3) is 0 Å². The average molecular weight is 313 g/mol. The first-order valence-electron chi connectivity index (χ1n) is 6.28. The van der Waals surface area contributed by atoms with Crippen molar-refractivity contribution in [2.45, 2.75) is 57.8 Å². The monoisotopic (exact) mass is 312 g/mol. The summed E-state index contributed by atoms with van der Waals surface area (Å²) in [7, 11) is 0. The third-order valence-corrected chi connectivity index (χ3v) is 3.78. The topological polar surface area (TPSA) is 18.5 Å². The van der Waals surface area contributed by atoms with E-state index in [4.69, 9.17) is 9.47 Å². The molecule has 0 bridgehead atoms. The molecular formula is C15H21BrO2. The molecule has 0 fully saturated rings. The predicted molar refractivity (Wildman–Crippen MR) is 77.3 cm³/mol. The van der Waals surface area contributed by atoms with Crippen LogP contribution in [0.5, 0.6) is 5.75 Å². The third kappa shape index (κ3) is 2.72. The fourth-order valence-corrected chi connectivity index (χ4v) is 2.47. The van der Waals surface area contributed by atoms with E-state index < -0.39 is 5.79 Å². The molecule has 2 nitrogen and oxygen atoms in total. The first-order valence-corrected chi connectivity index (χ1v) is 7.40. The predicted octanol–water partition coefficient (Wildman–Crippen LogP) is 4.52. The van der Waals surface area contributed by atoms with Gasteiger partial charge in [0, 0.05) is 30.3 Å². The fourth-order valence-electron chi connectivity index (χ4n) is 2.05. The van der Waals surface area contributed by atoms with Crippen LogP contribution in [0.25, 0.3) is 0 Å². The molecule has 0 aromatic heterocycles. The van der Waals surface area contributed by atoms with Crippen molar-refractivity contribution >= 4 is 15.9 Å². The van der Waals surface area contributed by atoms with E-state index in [9.17, 15) is 0 Å². The molecule has 0 saturated heterocycles. The quantitative estimate of drug-likeness (QED) is 0.710. The first kappa shape index (κ1) is 13.9. The Morgan fingerprint density at radius 1 is 1.28 bits per heavy atom. The Kier molecular flexibility index (Phi) is 3.50. The molecule has 0 saturated carbocycles. The second kappa shape index (κ2) is 4.53. The molecule has 0 unspecified atom stereocenters. The molecule has 0 radical (unpaired) electrons. The number of rotatable bonds is 1. The van der Waals surface area contributed by atoms with Gasteiger partial charge in [-0.05, 0) is 17.0 Å². The summed E-state index contributed by atoms with van der Waals surface area (Å²) in [5.41, 5.74) is 3.81. The van der Waals surface area contributed by atoms with Gasteiger partial charge in [0.15, 0.2) is 0 Å². The Morgan fingerprint density at radius 3 is 2.50 bits per heavy atom. The summed E-state index contributed by atoms with van der Waals surface area (Å²) in [4.78, 5) is 0. The lowest BCUT2D eigenvalue weighted by Crippen LogP contribution is -2.36. The van der Waals surface area contributed by atoms with Crippen molar-refractivity contribution in [3.63, 3.8) is 0 Å². The molecule has 2 rings (SSSR count). The van der Waals surface area contributed by atoms with Crippen molar-refractivity contribution < 1.29 is 9.47 Å². The Bertz CT molecular complexity index is 441. The van der Waals surface area contributed by atoms with Crippen LogP contribution in [0.2, 0.25) is 0 Å². The van der Waals surface area contributed by atoms with Crippen LogP contribution in [0.1, 0.15) is 51.3 Å². The maximum atomic E-state index is 5.96. The highest BCUT2D eigenvalue weighted by molar-refractivity contribution is 9.08. The van der Waals surface area contributed by atoms with E-state index in [-0.39, 0.29) is 5.41 Å². The standard InChI is InChI=1S/C15H21BrO2/c1-14(2,3)12-6-10(8-16)13-11(7-12)9-17-15(4,5)18-13/h6-7H,8-9H2,1-5H3. The van der Waals surface area contributed by atoms with Crippen molar-refractivity contribution in [1.82, 2.24) is 0 Å². The number of hydrogen-bond donors (Lipinski definition) is 0. The van der Waals surface area contributed by atoms with Crippen LogP contribution in [0.4, 0.5) is 0 Å². The number of halogens is 1. The molecule has 1 aromatic carbocycles. The third-order valence-electron chi connectivity index (χ3n) is 3.18. The Balaban J connectivity index is 2.52. The summed E-state index contributed by atoms with van der Waals surface area (Å²) in [6, 6.07) is 4.44. The number of fused-ring (bicyclic) bond motifs is 1. The Morgan fingerprint density at radius 2 is 1.94 bits per heavy atom. The lowest BCUT2D eigenvalue weighted by molar-refractivity contribution is -0.180. The van der Waals surface area contributed by atoms with E-state index in [1.54, 1.807) is 0 Å². The van der Waals surface area contributed by atoms with Gasteiger partial charge >= 0.3 is 0 Å². The van der Waals surface area contributed by atoms with Gasteiger partial charge in [0.05, 0.1) is 6.61 Å². The van der Waals surface area contributed by atoms with E-state index >= 15 is 0 Å². The smallest absolute Gasteiger partial charge is 0.205 e. The van der Waals surface area contributed by atoms with Gasteiger partial charge in [-0.25, -0.2) is 0 Å². The zero-order valence-electron chi connectivity index (χ0n) is 11.8. The van der Waals surface area contributed by atoms with Crippen LogP contribution in [0.15, 0.2) is 12.1 Å². The maximum Gasteiger partial charge on any atom is 0.205 e. The molecular weight excluding hydrogens is 292 g/mol. The number of ether oxygens (including phenoxy) is 2. The van der Waals surface area contributed by atoms with Gasteiger partial charge in [0.2, 0.25) is 5.79 Å². The Labute approximate surface area is 118 Å². The summed E-state index contributed by atoms with van der Waals surface area (Å²) < 4.78 is 11.7.